The Kier molecular flexibility index (Phi) is 14.0. The quantitative estimate of drug-likeness (QED) is 0.129. The Labute approximate surface area is 727 Å². The van der Waals surface area contributed by atoms with Crippen molar-refractivity contribution in [3.05, 3.63) is 327 Å². The fourth-order valence-electron chi connectivity index (χ4n) is 21.3. The molecule has 0 saturated carbocycles. The Balaban J connectivity index is 0.0000000951. The van der Waals surface area contributed by atoms with Crippen LogP contribution in [0.25, 0.3) is 32.3 Å². The summed E-state index contributed by atoms with van der Waals surface area (Å²) in [4.78, 5) is 0. The molecule has 18 nitrogen and oxygen atoms in total. The van der Waals surface area contributed by atoms with Crippen LogP contribution in [0.3, 0.4) is 0 Å². The van der Waals surface area contributed by atoms with Crippen molar-refractivity contribution in [3.8, 4) is 138 Å². The summed E-state index contributed by atoms with van der Waals surface area (Å²) in [5, 5.41) is 15.8. The molecule has 0 aromatic heterocycles. The predicted molar refractivity (Wildman–Crippen MR) is 496 cm³/mol. The van der Waals surface area contributed by atoms with E-state index in [4.69, 9.17) is 56.8 Å². The fourth-order valence-corrected chi connectivity index (χ4v) is 40.0. The van der Waals surface area contributed by atoms with E-state index in [1.807, 2.05) is 303 Å². The van der Waals surface area contributed by atoms with Crippen LogP contribution >= 0.6 is 42.9 Å². The molecule has 24 heteroatoms. The number of rotatable bonds is 0. The minimum Gasteiger partial charge on any atom is -0.456 e. The minimum absolute atomic E-state index is 0.466. The van der Waals surface area contributed by atoms with Crippen molar-refractivity contribution >= 4 is 171 Å². The van der Waals surface area contributed by atoms with Gasteiger partial charge in [0.05, 0.1) is 69.0 Å². The lowest BCUT2D eigenvalue weighted by molar-refractivity contribution is 0.456. The predicted octanol–water partition coefficient (Wildman–Crippen LogP) is 19.7. The van der Waals surface area contributed by atoms with Crippen molar-refractivity contribution < 1.29 is 84.2 Å². The Morgan fingerprint density at radius 1 is 0.164 bits per heavy atom. The number of aryl methyl sites for hydroxylation is 2. The summed E-state index contributed by atoms with van der Waals surface area (Å²) in [5.41, 5.74) is 2.18. The molecule has 12 aliphatic heterocycles. The highest BCUT2D eigenvalue weighted by Crippen LogP contribution is 2.68. The van der Waals surface area contributed by atoms with E-state index in [-0.39, 0.29) is 0 Å². The zero-order chi connectivity index (χ0) is 84.5. The van der Waals surface area contributed by atoms with Crippen molar-refractivity contribution in [1.82, 2.24) is 0 Å². The molecule has 0 spiro atoms. The Morgan fingerprint density at radius 2 is 0.398 bits per heavy atom. The van der Waals surface area contributed by atoms with Crippen LogP contribution < -0.4 is 152 Å². The van der Waals surface area contributed by atoms with Crippen LogP contribution in [-0.4, -0.2) is 0 Å². The molecule has 1 aliphatic carbocycles. The molecule has 0 saturated heterocycles. The van der Waals surface area contributed by atoms with E-state index in [1.54, 1.807) is 0 Å². The molecule has 12 heterocycles. The van der Waals surface area contributed by atoms with Gasteiger partial charge in [-0.05, 0) is 246 Å². The molecule has 18 aromatic carbocycles. The molecule has 610 valence electrons. The molecule has 6 unspecified atom stereocenters. The van der Waals surface area contributed by atoms with Gasteiger partial charge in [0.2, 0.25) is 0 Å². The van der Waals surface area contributed by atoms with E-state index in [1.165, 1.54) is 0 Å². The first kappa shape index (κ1) is 71.9. The minimum atomic E-state index is -3.45. The lowest BCUT2D eigenvalue weighted by Gasteiger charge is -2.37. The van der Waals surface area contributed by atoms with Crippen molar-refractivity contribution in [2.24, 2.45) is 0 Å². The summed E-state index contributed by atoms with van der Waals surface area (Å²) >= 11 is 0. The third kappa shape index (κ3) is 9.02. The SMILES string of the molecule is O=P12c3ccccc3Oc3cccc(c31)Oc1c2cc2c3c(cc4c(c13)Oc1cccc3c1P4(=O)c1ccccc1O3)CC2.O=P12c3ccccc3Oc3cccc(c31)Oc1cc3c4c(ccc3cc12)Oc1cccc2c1P4(=O)c1ccccc1O2.O=P12c3ccccc3Oc3cccc(c31)Oc1cc3cc4c(cc3cc12)P1(=O)c2ccccc2Oc2cccc(c21)O4. The van der Waals surface area contributed by atoms with E-state index < -0.39 is 42.9 Å². The van der Waals surface area contributed by atoms with Crippen LogP contribution in [0.5, 0.6) is 138 Å². The van der Waals surface area contributed by atoms with E-state index >= 15 is 27.4 Å². The smallest absolute Gasteiger partial charge is 0.186 e. The maximum Gasteiger partial charge on any atom is 0.186 e. The lowest BCUT2D eigenvalue weighted by Crippen LogP contribution is -2.36. The van der Waals surface area contributed by atoms with Crippen LogP contribution in [0, 0.1) is 0 Å². The number of para-hydroxylation sites is 6. The van der Waals surface area contributed by atoms with Gasteiger partial charge < -0.3 is 84.2 Å². The monoisotopic (exact) mass is 1780 g/mol. The van der Waals surface area contributed by atoms with Gasteiger partial charge in [-0.25, -0.2) is 0 Å². The highest BCUT2D eigenvalue weighted by atomic mass is 31.2. The Bertz CT molecular complexity index is 8270. The third-order valence-corrected chi connectivity index (χ3v) is 45.6. The van der Waals surface area contributed by atoms with Crippen molar-refractivity contribution in [3.63, 3.8) is 0 Å². The highest BCUT2D eigenvalue weighted by Gasteiger charge is 2.56. The van der Waals surface area contributed by atoms with Crippen LogP contribution in [0.2, 0.25) is 0 Å². The van der Waals surface area contributed by atoms with E-state index in [9.17, 15) is 0 Å². The lowest BCUT2D eigenvalue weighted by atomic mass is 10.0. The first-order valence-corrected chi connectivity index (χ1v) is 51.9. The van der Waals surface area contributed by atoms with Gasteiger partial charge in [0.1, 0.15) is 170 Å². The van der Waals surface area contributed by atoms with Gasteiger partial charge in [0.15, 0.2) is 42.9 Å². The van der Waals surface area contributed by atoms with E-state index in [0.717, 1.165) is 56.3 Å². The molecule has 6 atom stereocenters. The van der Waals surface area contributed by atoms with Gasteiger partial charge in [-0.15, -0.1) is 0 Å². The van der Waals surface area contributed by atoms with Crippen LogP contribution in [0.1, 0.15) is 11.1 Å². The van der Waals surface area contributed by atoms with E-state index in [2.05, 4.69) is 12.1 Å². The molecule has 0 amide bonds. The van der Waals surface area contributed by atoms with Crippen LogP contribution in [-0.2, 0) is 40.2 Å². The third-order valence-electron chi connectivity index (χ3n) is 26.6. The maximum absolute atomic E-state index is 15.8. The van der Waals surface area contributed by atoms with Gasteiger partial charge in [-0.2, -0.15) is 0 Å². The number of fused-ring (bicyclic) bond motifs is 29. The molecule has 31 rings (SSSR count). The normalized spacial score (nSPS) is 21.2. The number of hydrogen-bond acceptors (Lipinski definition) is 18. The first-order valence-electron chi connectivity index (χ1n) is 41.7. The summed E-state index contributed by atoms with van der Waals surface area (Å²) in [5.74, 6) is 12.8. The van der Waals surface area contributed by atoms with Crippen molar-refractivity contribution in [2.45, 2.75) is 12.8 Å². The number of ether oxygens (including phenoxy) is 12. The average Bonchev–Trinajstić information content (AvgIpc) is 1.29. The zero-order valence-electron chi connectivity index (χ0n) is 66.5. The molecule has 13 aliphatic rings. The Hall–Kier alpha value is -14.3. The molecular weight excluding hydrogens is 1720 g/mol. The second-order valence-corrected chi connectivity index (χ2v) is 49.0. The standard InChI is InChI=1S/C36H20O6P2.2C34H18O6P2/c37-43-27-13-3-1-7-21(27)39-23-9-5-11-25(35(23)43)41-33-29(43)17-19-15-16-20-18-30-34(32(33)31(19)20)42-26-12-6-10-24-36(26)44(30,38)28-14-4-2-8-22(28)40-24;35-41-29-13-3-1-7-21(29)37-23-9-5-11-25(33(23)41)39-27-15-19-16-28-32(18-20(19)17-31(27)41)42(36)30-14-4-2-8-22(30)38-24-10-6-12-26(40-28)34(24)42;35-41-29-13-3-1-7-21(29)37-23-9-5-10-24(33(23)41)40-28-18-20-19(17-31(28)41)15-16-27-32(20)42(36)30-14-4-2-8-22(30)38-25-11-6-12-26(39-27)34(25)42/h1-14,17-18H,15-16H2;2*1-18H. The van der Waals surface area contributed by atoms with Gasteiger partial charge in [-0.3, -0.25) is 0 Å². The maximum atomic E-state index is 15.8. The van der Waals surface area contributed by atoms with Gasteiger partial charge in [0.25, 0.3) is 0 Å². The first-order chi connectivity index (χ1) is 62.6. The number of hydrogen-bond donors (Lipinski definition) is 0. The molecule has 18 aromatic rings. The van der Waals surface area contributed by atoms with Gasteiger partial charge in [-0.1, -0.05) is 115 Å². The topological polar surface area (TPSA) is 213 Å². The summed E-state index contributed by atoms with van der Waals surface area (Å²) in [6.45, 7) is 0. The zero-order valence-corrected chi connectivity index (χ0v) is 71.8. The second-order valence-electron chi connectivity index (χ2n) is 33.3. The summed E-state index contributed by atoms with van der Waals surface area (Å²) in [6, 6.07) is 97.5. The van der Waals surface area contributed by atoms with E-state index in [0.29, 0.717) is 233 Å². The van der Waals surface area contributed by atoms with Gasteiger partial charge in [0, 0.05) is 5.39 Å². The molecule has 0 radical (unpaired) electrons. The molecule has 0 fully saturated rings. The summed E-state index contributed by atoms with van der Waals surface area (Å²) < 4.78 is 170. The highest BCUT2D eigenvalue weighted by molar-refractivity contribution is 7.89. The van der Waals surface area contributed by atoms with Crippen LogP contribution in [0.4, 0.5) is 0 Å². The molecule has 128 heavy (non-hydrogen) atoms. The van der Waals surface area contributed by atoms with Crippen molar-refractivity contribution in [2.75, 3.05) is 0 Å². The summed E-state index contributed by atoms with van der Waals surface area (Å²) in [7, 11) is -20.4. The Morgan fingerprint density at radius 3 is 0.727 bits per heavy atom. The second kappa shape index (κ2) is 24.9. The number of benzene rings is 18. The molecule has 0 bridgehead atoms. The average molecular weight is 1780 g/mol. The molecule has 0 N–H and O–H groups in total. The fraction of sp³-hybridized carbons (Fsp3) is 0.0192. The van der Waals surface area contributed by atoms with Crippen LogP contribution in [0.15, 0.2) is 315 Å². The van der Waals surface area contributed by atoms with Crippen molar-refractivity contribution in [1.29, 1.82) is 0 Å². The summed E-state index contributed by atoms with van der Waals surface area (Å²) in [6.07, 6.45) is 1.55. The molecular formula is C104H56O18P6. The largest absolute Gasteiger partial charge is 0.456 e. The van der Waals surface area contributed by atoms with Gasteiger partial charge >= 0.3 is 0 Å².